The van der Waals surface area contributed by atoms with Crippen LogP contribution in [-0.2, 0) is 21.2 Å². The summed E-state index contributed by atoms with van der Waals surface area (Å²) in [6.45, 7) is 3.84. The van der Waals surface area contributed by atoms with E-state index in [1.165, 1.54) is 28.6 Å². The lowest BCUT2D eigenvalue weighted by atomic mass is 10.1. The minimum Gasteiger partial charge on any atom is -0.353 e. The molecule has 2 aromatic carbocycles. The SMILES string of the molecule is CC[C@@H](C)NC(=O)CN(CCc1ccccc1)S(=O)(=O)c1ccc(Cl)cc1. The number of sulfonamides is 1. The van der Waals surface area contributed by atoms with Crippen LogP contribution < -0.4 is 5.32 Å². The van der Waals surface area contributed by atoms with Gasteiger partial charge in [-0.3, -0.25) is 4.79 Å². The summed E-state index contributed by atoms with van der Waals surface area (Å²) < 4.78 is 27.3. The van der Waals surface area contributed by atoms with Crippen molar-refractivity contribution < 1.29 is 13.2 Å². The molecule has 0 aliphatic rings. The van der Waals surface area contributed by atoms with Gasteiger partial charge in [-0.2, -0.15) is 4.31 Å². The highest BCUT2D eigenvalue weighted by Gasteiger charge is 2.26. The van der Waals surface area contributed by atoms with Gasteiger partial charge < -0.3 is 5.32 Å². The van der Waals surface area contributed by atoms with Gasteiger partial charge in [0.15, 0.2) is 0 Å². The van der Waals surface area contributed by atoms with Crippen molar-refractivity contribution in [2.45, 2.75) is 37.6 Å². The van der Waals surface area contributed by atoms with E-state index >= 15 is 0 Å². The molecule has 0 saturated heterocycles. The Balaban J connectivity index is 2.21. The minimum absolute atomic E-state index is 0.00768. The number of nitrogens with one attached hydrogen (secondary N) is 1. The average molecular weight is 409 g/mol. The van der Waals surface area contributed by atoms with Crippen LogP contribution in [0.1, 0.15) is 25.8 Å². The summed E-state index contributed by atoms with van der Waals surface area (Å²) in [5.74, 6) is -0.310. The molecule has 1 amide bonds. The van der Waals surface area contributed by atoms with E-state index in [1.807, 2.05) is 44.2 Å². The lowest BCUT2D eigenvalue weighted by Gasteiger charge is -2.23. The molecule has 2 aromatic rings. The molecule has 0 heterocycles. The van der Waals surface area contributed by atoms with Crippen LogP contribution >= 0.6 is 11.6 Å². The molecular formula is C20H25ClN2O3S. The Morgan fingerprint density at radius 2 is 1.74 bits per heavy atom. The zero-order chi connectivity index (χ0) is 19.9. The van der Waals surface area contributed by atoms with Crippen LogP contribution in [0.2, 0.25) is 5.02 Å². The third kappa shape index (κ3) is 6.34. The summed E-state index contributed by atoms with van der Waals surface area (Å²) >= 11 is 5.87. The van der Waals surface area contributed by atoms with Gasteiger partial charge in [-0.15, -0.1) is 0 Å². The van der Waals surface area contributed by atoms with Gasteiger partial charge in [0.2, 0.25) is 15.9 Å². The number of hydrogen-bond acceptors (Lipinski definition) is 3. The van der Waals surface area contributed by atoms with Crippen LogP contribution in [0.3, 0.4) is 0 Å². The minimum atomic E-state index is -3.81. The Labute approximate surface area is 166 Å². The summed E-state index contributed by atoms with van der Waals surface area (Å²) in [4.78, 5) is 12.4. The van der Waals surface area contributed by atoms with E-state index in [1.54, 1.807) is 0 Å². The first-order chi connectivity index (χ1) is 12.8. The Morgan fingerprint density at radius 1 is 1.11 bits per heavy atom. The Bertz CT molecular complexity index is 839. The highest BCUT2D eigenvalue weighted by Crippen LogP contribution is 2.19. The first-order valence-electron chi connectivity index (χ1n) is 8.92. The maximum Gasteiger partial charge on any atom is 0.243 e. The zero-order valence-corrected chi connectivity index (χ0v) is 17.1. The van der Waals surface area contributed by atoms with Crippen molar-refractivity contribution in [3.8, 4) is 0 Å². The third-order valence-corrected chi connectivity index (χ3v) is 6.40. The van der Waals surface area contributed by atoms with Crippen molar-refractivity contribution in [1.82, 2.24) is 9.62 Å². The van der Waals surface area contributed by atoms with Crippen LogP contribution in [-0.4, -0.2) is 37.8 Å². The molecule has 7 heteroatoms. The van der Waals surface area contributed by atoms with E-state index < -0.39 is 10.0 Å². The van der Waals surface area contributed by atoms with E-state index in [0.717, 1.165) is 12.0 Å². The van der Waals surface area contributed by atoms with Gasteiger partial charge in [-0.25, -0.2) is 8.42 Å². The van der Waals surface area contributed by atoms with Gasteiger partial charge in [-0.05, 0) is 49.6 Å². The molecule has 0 aliphatic carbocycles. The van der Waals surface area contributed by atoms with Crippen molar-refractivity contribution in [3.63, 3.8) is 0 Å². The largest absolute Gasteiger partial charge is 0.353 e. The zero-order valence-electron chi connectivity index (χ0n) is 15.6. The maximum atomic E-state index is 13.1. The molecule has 0 fully saturated rings. The smallest absolute Gasteiger partial charge is 0.243 e. The second-order valence-corrected chi connectivity index (χ2v) is 8.78. The lowest BCUT2D eigenvalue weighted by molar-refractivity contribution is -0.121. The summed E-state index contributed by atoms with van der Waals surface area (Å²) in [5.41, 5.74) is 1.01. The molecule has 1 N–H and O–H groups in total. The fraction of sp³-hybridized carbons (Fsp3) is 0.350. The second kappa shape index (κ2) is 9.88. The number of halogens is 1. The van der Waals surface area contributed by atoms with Gasteiger partial charge in [0, 0.05) is 17.6 Å². The average Bonchev–Trinajstić information content (AvgIpc) is 2.66. The first-order valence-corrected chi connectivity index (χ1v) is 10.7. The molecule has 1 atom stereocenters. The normalized spacial score (nSPS) is 12.7. The number of carbonyl (C=O) groups excluding carboxylic acids is 1. The van der Waals surface area contributed by atoms with Crippen molar-refractivity contribution in [3.05, 3.63) is 65.2 Å². The predicted octanol–water partition coefficient (Wildman–Crippen LogP) is 3.49. The van der Waals surface area contributed by atoms with Crippen molar-refractivity contribution >= 4 is 27.5 Å². The van der Waals surface area contributed by atoms with E-state index in [9.17, 15) is 13.2 Å². The molecule has 0 aliphatic heterocycles. The number of nitrogens with zero attached hydrogens (tertiary/aromatic N) is 1. The molecule has 0 aromatic heterocycles. The highest BCUT2D eigenvalue weighted by atomic mass is 35.5. The third-order valence-electron chi connectivity index (χ3n) is 4.28. The molecule has 0 unspecified atom stereocenters. The van der Waals surface area contributed by atoms with Crippen molar-refractivity contribution in [1.29, 1.82) is 0 Å². The predicted molar refractivity (Wildman–Crippen MR) is 108 cm³/mol. The topological polar surface area (TPSA) is 66.5 Å². The Hall–Kier alpha value is -1.89. The second-order valence-electron chi connectivity index (χ2n) is 6.40. The quantitative estimate of drug-likeness (QED) is 0.690. The molecule has 0 saturated carbocycles. The van der Waals surface area contributed by atoms with Gasteiger partial charge in [0.05, 0.1) is 11.4 Å². The molecule has 5 nitrogen and oxygen atoms in total. The van der Waals surface area contributed by atoms with E-state index in [0.29, 0.717) is 11.4 Å². The summed E-state index contributed by atoms with van der Waals surface area (Å²) in [5, 5.41) is 3.28. The van der Waals surface area contributed by atoms with Crippen LogP contribution in [0.25, 0.3) is 0 Å². The summed E-state index contributed by atoms with van der Waals surface area (Å²) in [7, 11) is -3.81. The fourth-order valence-corrected chi connectivity index (χ4v) is 4.04. The maximum absolute atomic E-state index is 13.1. The molecular weight excluding hydrogens is 384 g/mol. The Kier molecular flexibility index (Phi) is 7.83. The van der Waals surface area contributed by atoms with E-state index in [-0.39, 0.29) is 29.9 Å². The van der Waals surface area contributed by atoms with Gasteiger partial charge >= 0.3 is 0 Å². The van der Waals surface area contributed by atoms with Gasteiger partial charge in [-0.1, -0.05) is 48.9 Å². The molecule has 0 radical (unpaired) electrons. The van der Waals surface area contributed by atoms with Crippen LogP contribution in [0.15, 0.2) is 59.5 Å². The lowest BCUT2D eigenvalue weighted by Crippen LogP contribution is -2.44. The van der Waals surface area contributed by atoms with Crippen molar-refractivity contribution in [2.75, 3.05) is 13.1 Å². The molecule has 2 rings (SSSR count). The standard InChI is InChI=1S/C20H25ClN2O3S/c1-3-16(2)22-20(24)15-23(14-13-17-7-5-4-6-8-17)27(25,26)19-11-9-18(21)10-12-19/h4-12,16H,3,13-15H2,1-2H3,(H,22,24)/t16-/m1/s1. The van der Waals surface area contributed by atoms with Crippen LogP contribution in [0.5, 0.6) is 0 Å². The summed E-state index contributed by atoms with van der Waals surface area (Å²) in [6, 6.07) is 15.6. The summed E-state index contributed by atoms with van der Waals surface area (Å²) in [6.07, 6.45) is 1.30. The Morgan fingerprint density at radius 3 is 2.33 bits per heavy atom. The van der Waals surface area contributed by atoms with Crippen LogP contribution in [0, 0.1) is 0 Å². The number of hydrogen-bond donors (Lipinski definition) is 1. The molecule has 0 spiro atoms. The van der Waals surface area contributed by atoms with Crippen molar-refractivity contribution in [2.24, 2.45) is 0 Å². The number of carbonyl (C=O) groups is 1. The molecule has 146 valence electrons. The van der Waals surface area contributed by atoms with Gasteiger partial charge in [0.1, 0.15) is 0 Å². The molecule has 27 heavy (non-hydrogen) atoms. The highest BCUT2D eigenvalue weighted by molar-refractivity contribution is 7.89. The van der Waals surface area contributed by atoms with Gasteiger partial charge in [0.25, 0.3) is 0 Å². The fourth-order valence-electron chi connectivity index (χ4n) is 2.52. The van der Waals surface area contributed by atoms with E-state index in [2.05, 4.69) is 5.32 Å². The monoisotopic (exact) mass is 408 g/mol. The molecule has 0 bridgehead atoms. The number of rotatable bonds is 9. The number of amides is 1. The first kappa shape index (κ1) is 21.4. The number of benzene rings is 2. The van der Waals surface area contributed by atoms with Crippen LogP contribution in [0.4, 0.5) is 0 Å². The van der Waals surface area contributed by atoms with E-state index in [4.69, 9.17) is 11.6 Å².